The van der Waals surface area contributed by atoms with Gasteiger partial charge in [-0.2, -0.15) is 0 Å². The Balaban J connectivity index is 2.68. The van der Waals surface area contributed by atoms with Gasteiger partial charge in [-0.05, 0) is 24.3 Å². The molecular formula is C12H8F2OS. The lowest BCUT2D eigenvalue weighted by atomic mass is 10.0. The topological polar surface area (TPSA) is 20.2 Å². The van der Waals surface area contributed by atoms with E-state index < -0.39 is 11.6 Å². The van der Waals surface area contributed by atoms with Crippen molar-refractivity contribution in [1.29, 1.82) is 0 Å². The fraction of sp³-hybridized carbons (Fsp3) is 0. The average Bonchev–Trinajstić information content (AvgIpc) is 2.20. The Morgan fingerprint density at radius 2 is 1.75 bits per heavy atom. The molecule has 82 valence electrons. The van der Waals surface area contributed by atoms with Crippen molar-refractivity contribution in [1.82, 2.24) is 0 Å². The van der Waals surface area contributed by atoms with Crippen molar-refractivity contribution < 1.29 is 13.9 Å². The molecule has 0 unspecified atom stereocenters. The average molecular weight is 238 g/mol. The number of phenolic OH excluding ortho intramolecular Hbond substituents is 1. The van der Waals surface area contributed by atoms with E-state index in [2.05, 4.69) is 12.6 Å². The molecule has 0 aliphatic carbocycles. The van der Waals surface area contributed by atoms with E-state index >= 15 is 0 Å². The molecule has 2 aromatic carbocycles. The molecule has 2 aromatic rings. The van der Waals surface area contributed by atoms with Gasteiger partial charge in [-0.1, -0.05) is 12.1 Å². The van der Waals surface area contributed by atoms with Crippen LogP contribution in [0.5, 0.6) is 5.75 Å². The lowest BCUT2D eigenvalue weighted by Crippen LogP contribution is -1.89. The third kappa shape index (κ3) is 1.88. The minimum absolute atomic E-state index is 0.0217. The molecule has 0 radical (unpaired) electrons. The fourth-order valence-corrected chi connectivity index (χ4v) is 1.67. The summed E-state index contributed by atoms with van der Waals surface area (Å²) < 4.78 is 27.0. The highest BCUT2D eigenvalue weighted by molar-refractivity contribution is 7.80. The van der Waals surface area contributed by atoms with Gasteiger partial charge in [0.05, 0.1) is 5.56 Å². The zero-order valence-corrected chi connectivity index (χ0v) is 9.01. The summed E-state index contributed by atoms with van der Waals surface area (Å²) in [6.45, 7) is 0. The first-order valence-corrected chi connectivity index (χ1v) is 5.00. The van der Waals surface area contributed by atoms with Crippen LogP contribution in [0.1, 0.15) is 0 Å². The quantitative estimate of drug-likeness (QED) is 0.727. The molecule has 0 aliphatic heterocycles. The molecule has 0 fully saturated rings. The second-order valence-electron chi connectivity index (χ2n) is 3.30. The summed E-state index contributed by atoms with van der Waals surface area (Å²) in [4.78, 5) is 0.442. The van der Waals surface area contributed by atoms with E-state index in [4.69, 9.17) is 0 Å². The van der Waals surface area contributed by atoms with Crippen LogP contribution in [0.15, 0.2) is 41.3 Å². The van der Waals surface area contributed by atoms with Crippen LogP contribution in [0, 0.1) is 11.6 Å². The van der Waals surface area contributed by atoms with Crippen LogP contribution in [0.4, 0.5) is 8.78 Å². The summed E-state index contributed by atoms with van der Waals surface area (Å²) in [7, 11) is 0. The smallest absolute Gasteiger partial charge is 0.134 e. The first kappa shape index (κ1) is 11.0. The SMILES string of the molecule is Oc1cccc(F)c1-c1ccc(S)cc1F. The number of phenols is 1. The Morgan fingerprint density at radius 3 is 2.38 bits per heavy atom. The van der Waals surface area contributed by atoms with Crippen molar-refractivity contribution in [2.45, 2.75) is 4.90 Å². The molecule has 0 atom stereocenters. The van der Waals surface area contributed by atoms with E-state index in [-0.39, 0.29) is 16.9 Å². The Labute approximate surface area is 96.8 Å². The molecule has 0 saturated carbocycles. The van der Waals surface area contributed by atoms with Gasteiger partial charge in [0.15, 0.2) is 0 Å². The normalized spacial score (nSPS) is 10.4. The maximum absolute atomic E-state index is 13.6. The summed E-state index contributed by atoms with van der Waals surface area (Å²) in [6, 6.07) is 7.93. The van der Waals surface area contributed by atoms with E-state index in [1.165, 1.54) is 36.4 Å². The van der Waals surface area contributed by atoms with E-state index in [1.807, 2.05) is 0 Å². The van der Waals surface area contributed by atoms with Crippen molar-refractivity contribution in [3.63, 3.8) is 0 Å². The van der Waals surface area contributed by atoms with E-state index in [9.17, 15) is 13.9 Å². The molecule has 0 aromatic heterocycles. The molecule has 0 bridgehead atoms. The molecule has 1 N–H and O–H groups in total. The van der Waals surface area contributed by atoms with Crippen LogP contribution in [-0.2, 0) is 0 Å². The first-order chi connectivity index (χ1) is 7.59. The van der Waals surface area contributed by atoms with Gasteiger partial charge < -0.3 is 5.11 Å². The van der Waals surface area contributed by atoms with Gasteiger partial charge in [-0.3, -0.25) is 0 Å². The zero-order chi connectivity index (χ0) is 11.7. The van der Waals surface area contributed by atoms with Gasteiger partial charge in [-0.15, -0.1) is 12.6 Å². The highest BCUT2D eigenvalue weighted by Crippen LogP contribution is 2.33. The second-order valence-corrected chi connectivity index (χ2v) is 3.81. The predicted molar refractivity (Wildman–Crippen MR) is 60.7 cm³/mol. The van der Waals surface area contributed by atoms with Gasteiger partial charge >= 0.3 is 0 Å². The molecule has 1 nitrogen and oxygen atoms in total. The third-order valence-corrected chi connectivity index (χ3v) is 2.49. The van der Waals surface area contributed by atoms with Crippen molar-refractivity contribution in [3.8, 4) is 16.9 Å². The standard InChI is InChI=1S/C12H8F2OS/c13-9-2-1-3-11(15)12(9)8-5-4-7(16)6-10(8)14/h1-6,15-16H. The number of hydrogen-bond acceptors (Lipinski definition) is 2. The van der Waals surface area contributed by atoms with Crippen LogP contribution >= 0.6 is 12.6 Å². The lowest BCUT2D eigenvalue weighted by molar-refractivity contribution is 0.471. The Kier molecular flexibility index (Phi) is 2.83. The number of benzene rings is 2. The second kappa shape index (κ2) is 4.14. The minimum atomic E-state index is -0.661. The highest BCUT2D eigenvalue weighted by Gasteiger charge is 2.14. The summed E-state index contributed by atoms with van der Waals surface area (Å²) in [5.74, 6) is -1.57. The van der Waals surface area contributed by atoms with Crippen molar-refractivity contribution in [2.24, 2.45) is 0 Å². The summed E-state index contributed by atoms with van der Waals surface area (Å²) in [6.07, 6.45) is 0. The largest absolute Gasteiger partial charge is 0.507 e. The zero-order valence-electron chi connectivity index (χ0n) is 8.11. The molecule has 16 heavy (non-hydrogen) atoms. The van der Waals surface area contributed by atoms with E-state index in [0.29, 0.717) is 4.90 Å². The molecule has 0 heterocycles. The summed E-state index contributed by atoms with van der Waals surface area (Å²) >= 11 is 3.97. The van der Waals surface area contributed by atoms with Crippen molar-refractivity contribution in [3.05, 3.63) is 48.0 Å². The lowest BCUT2D eigenvalue weighted by Gasteiger charge is -2.07. The number of halogens is 2. The van der Waals surface area contributed by atoms with Crippen LogP contribution in [0.25, 0.3) is 11.1 Å². The molecule has 2 rings (SSSR count). The summed E-state index contributed by atoms with van der Waals surface area (Å²) in [5, 5.41) is 9.51. The van der Waals surface area contributed by atoms with Gasteiger partial charge in [-0.25, -0.2) is 8.78 Å². The maximum Gasteiger partial charge on any atom is 0.134 e. The van der Waals surface area contributed by atoms with Crippen molar-refractivity contribution >= 4 is 12.6 Å². The molecule has 0 spiro atoms. The molecule has 0 amide bonds. The minimum Gasteiger partial charge on any atom is -0.507 e. The van der Waals surface area contributed by atoms with Gasteiger partial charge in [0, 0.05) is 10.5 Å². The third-order valence-electron chi connectivity index (χ3n) is 2.21. The van der Waals surface area contributed by atoms with Gasteiger partial charge in [0.25, 0.3) is 0 Å². The Hall–Kier alpha value is -1.55. The molecular weight excluding hydrogens is 230 g/mol. The first-order valence-electron chi connectivity index (χ1n) is 4.56. The van der Waals surface area contributed by atoms with Crippen LogP contribution < -0.4 is 0 Å². The van der Waals surface area contributed by atoms with Crippen LogP contribution in [0.2, 0.25) is 0 Å². The molecule has 0 aliphatic rings. The van der Waals surface area contributed by atoms with Gasteiger partial charge in [0.2, 0.25) is 0 Å². The van der Waals surface area contributed by atoms with E-state index in [0.717, 1.165) is 0 Å². The maximum atomic E-state index is 13.6. The number of rotatable bonds is 1. The number of hydrogen-bond donors (Lipinski definition) is 2. The molecule has 0 saturated heterocycles. The number of aromatic hydroxyl groups is 1. The Morgan fingerprint density at radius 1 is 1.00 bits per heavy atom. The fourth-order valence-electron chi connectivity index (χ4n) is 1.49. The van der Waals surface area contributed by atoms with Crippen LogP contribution in [-0.4, -0.2) is 5.11 Å². The number of thiol groups is 1. The van der Waals surface area contributed by atoms with E-state index in [1.54, 1.807) is 0 Å². The van der Waals surface area contributed by atoms with Crippen LogP contribution in [0.3, 0.4) is 0 Å². The van der Waals surface area contributed by atoms with Gasteiger partial charge in [0.1, 0.15) is 17.4 Å². The monoisotopic (exact) mass is 238 g/mol. The summed E-state index contributed by atoms with van der Waals surface area (Å²) in [5.41, 5.74) is -0.110. The molecule has 4 heteroatoms. The Bertz CT molecular complexity index is 520. The highest BCUT2D eigenvalue weighted by atomic mass is 32.1. The predicted octanol–water partition coefficient (Wildman–Crippen LogP) is 3.63. The van der Waals surface area contributed by atoms with Crippen molar-refractivity contribution in [2.75, 3.05) is 0 Å².